The Balaban J connectivity index is 1.93. The van der Waals surface area contributed by atoms with Gasteiger partial charge in [0.15, 0.2) is 0 Å². The van der Waals surface area contributed by atoms with Crippen LogP contribution in [0.15, 0.2) is 83.3 Å². The van der Waals surface area contributed by atoms with Crippen molar-refractivity contribution in [3.05, 3.63) is 83.9 Å². The van der Waals surface area contributed by atoms with E-state index in [1.807, 2.05) is 42.5 Å². The third-order valence-electron chi connectivity index (χ3n) is 3.60. The Morgan fingerprint density at radius 3 is 2.22 bits per heavy atom. The Bertz CT molecular complexity index is 945. The van der Waals surface area contributed by atoms with Gasteiger partial charge in [0.05, 0.1) is 0 Å². The van der Waals surface area contributed by atoms with Gasteiger partial charge in [-0.25, -0.2) is 0 Å². The molecule has 0 atom stereocenters. The van der Waals surface area contributed by atoms with E-state index < -0.39 is 0 Å². The van der Waals surface area contributed by atoms with Crippen LogP contribution in [0.25, 0.3) is 22.3 Å². The van der Waals surface area contributed by atoms with Gasteiger partial charge in [-0.1, -0.05) is 0 Å². The fraction of sp³-hybridized carbons (Fsp3) is 0. The minimum atomic E-state index is 0.155. The van der Waals surface area contributed by atoms with Crippen LogP contribution in [-0.4, -0.2) is 15.0 Å². The summed E-state index contributed by atoms with van der Waals surface area (Å²) in [5.41, 5.74) is 1.99. The Kier molecular flexibility index (Phi) is 3.97. The van der Waals surface area contributed by atoms with Crippen LogP contribution in [0.4, 0.5) is 0 Å². The van der Waals surface area contributed by atoms with Crippen molar-refractivity contribution in [3.8, 4) is 11.3 Å². The number of hydrogen-bond donors (Lipinski definition) is 0. The summed E-state index contributed by atoms with van der Waals surface area (Å²) < 4.78 is 8.73. The quantitative estimate of drug-likeness (QED) is 0.478. The maximum absolute atomic E-state index is 6.21. The van der Waals surface area contributed by atoms with Crippen LogP contribution in [0, 0.1) is 0 Å². The molecule has 0 aliphatic heterocycles. The van der Waals surface area contributed by atoms with E-state index in [9.17, 15) is 0 Å². The van der Waals surface area contributed by atoms with Gasteiger partial charge in [0.2, 0.25) is 0 Å². The summed E-state index contributed by atoms with van der Waals surface area (Å²) in [6, 6.07) is 26.6. The van der Waals surface area contributed by atoms with Gasteiger partial charge >= 0.3 is 146 Å². The summed E-state index contributed by atoms with van der Waals surface area (Å²) in [5.74, 6) is 0.951. The third-order valence-corrected chi connectivity index (χ3v) is 6.18. The van der Waals surface area contributed by atoms with Crippen LogP contribution in [0.1, 0.15) is 0 Å². The molecule has 0 aliphatic carbocycles. The van der Waals surface area contributed by atoms with Crippen LogP contribution in [0.2, 0.25) is 5.02 Å². The van der Waals surface area contributed by atoms with Gasteiger partial charge in [0, 0.05) is 0 Å². The summed E-state index contributed by atoms with van der Waals surface area (Å²) in [6.07, 6.45) is 0. The first-order valence-electron chi connectivity index (χ1n) is 7.31. The second-order valence-corrected chi connectivity index (χ2v) is 7.89. The second kappa shape index (κ2) is 6.25. The zero-order valence-corrected chi connectivity index (χ0v) is 14.7. The van der Waals surface area contributed by atoms with Crippen LogP contribution < -0.4 is 8.92 Å². The molecule has 3 aromatic carbocycles. The summed E-state index contributed by atoms with van der Waals surface area (Å²) in [4.78, 5) is 0. The topological polar surface area (TPSA) is 13.1 Å². The molecule has 0 saturated carbocycles. The molecule has 0 saturated heterocycles. The first-order valence-corrected chi connectivity index (χ1v) is 9.41. The third kappa shape index (κ3) is 2.94. The van der Waals surface area contributed by atoms with Gasteiger partial charge in [-0.2, -0.15) is 0 Å². The van der Waals surface area contributed by atoms with Gasteiger partial charge in [-0.15, -0.1) is 0 Å². The molecule has 1 heterocycles. The molecule has 1 nitrogen and oxygen atoms in total. The summed E-state index contributed by atoms with van der Waals surface area (Å²) in [7, 11) is 0. The normalized spacial score (nSPS) is 11.0. The fourth-order valence-electron chi connectivity index (χ4n) is 2.53. The predicted molar refractivity (Wildman–Crippen MR) is 98.1 cm³/mol. The molecule has 3 heteroatoms. The average Bonchev–Trinajstić information content (AvgIpc) is 2.95. The first-order chi connectivity index (χ1) is 11.3. The number of rotatable bonds is 3. The molecule has 0 radical (unpaired) electrons. The number of furan rings is 1. The zero-order valence-electron chi connectivity index (χ0n) is 12.2. The van der Waals surface area contributed by atoms with Crippen LogP contribution in [0.5, 0.6) is 0 Å². The fourth-order valence-corrected chi connectivity index (χ4v) is 4.91. The molecular formula is C20H13ClOSe. The number of benzene rings is 3. The van der Waals surface area contributed by atoms with Crippen molar-refractivity contribution in [2.45, 2.75) is 0 Å². The molecular weight excluding hydrogens is 371 g/mol. The minimum absolute atomic E-state index is 0.155. The van der Waals surface area contributed by atoms with Crippen molar-refractivity contribution in [2.75, 3.05) is 0 Å². The van der Waals surface area contributed by atoms with E-state index in [1.54, 1.807) is 0 Å². The number of hydrogen-bond acceptors (Lipinski definition) is 1. The average molecular weight is 384 g/mol. The summed E-state index contributed by atoms with van der Waals surface area (Å²) >= 11 is 6.37. The molecule has 4 rings (SSSR count). The van der Waals surface area contributed by atoms with Crippen molar-refractivity contribution in [2.24, 2.45) is 0 Å². The zero-order chi connectivity index (χ0) is 15.6. The van der Waals surface area contributed by atoms with Crippen molar-refractivity contribution in [3.63, 3.8) is 0 Å². The van der Waals surface area contributed by atoms with Crippen molar-refractivity contribution in [1.29, 1.82) is 0 Å². The van der Waals surface area contributed by atoms with E-state index >= 15 is 0 Å². The summed E-state index contributed by atoms with van der Waals surface area (Å²) in [5, 5.41) is 1.85. The molecule has 0 bridgehead atoms. The monoisotopic (exact) mass is 384 g/mol. The Morgan fingerprint density at radius 2 is 1.48 bits per heavy atom. The van der Waals surface area contributed by atoms with Gasteiger partial charge < -0.3 is 0 Å². The van der Waals surface area contributed by atoms with Crippen LogP contribution in [0.3, 0.4) is 0 Å². The SMILES string of the molecule is Clc1ccc2oc(-c3ccccc3)c([Se]c3ccccc3)c2c1. The first kappa shape index (κ1) is 14.6. The molecule has 0 unspecified atom stereocenters. The Morgan fingerprint density at radius 1 is 0.783 bits per heavy atom. The molecule has 0 N–H and O–H groups in total. The van der Waals surface area contributed by atoms with Crippen molar-refractivity contribution < 1.29 is 4.42 Å². The molecule has 0 spiro atoms. The molecule has 0 amide bonds. The van der Waals surface area contributed by atoms with Gasteiger partial charge in [-0.3, -0.25) is 0 Å². The van der Waals surface area contributed by atoms with Crippen molar-refractivity contribution >= 4 is 46.5 Å². The molecule has 4 aromatic rings. The maximum atomic E-state index is 6.21. The van der Waals surface area contributed by atoms with Crippen LogP contribution in [-0.2, 0) is 0 Å². The van der Waals surface area contributed by atoms with E-state index in [0.717, 1.165) is 27.3 Å². The van der Waals surface area contributed by atoms with E-state index in [4.69, 9.17) is 16.0 Å². The molecule has 0 fully saturated rings. The van der Waals surface area contributed by atoms with E-state index in [2.05, 4.69) is 36.4 Å². The van der Waals surface area contributed by atoms with Crippen LogP contribution >= 0.6 is 11.6 Å². The van der Waals surface area contributed by atoms with Crippen molar-refractivity contribution in [1.82, 2.24) is 0 Å². The summed E-state index contributed by atoms with van der Waals surface area (Å²) in [6.45, 7) is 0. The Labute approximate surface area is 146 Å². The number of fused-ring (bicyclic) bond motifs is 1. The predicted octanol–water partition coefficient (Wildman–Crippen LogP) is 4.41. The molecule has 0 aliphatic rings. The molecule has 23 heavy (non-hydrogen) atoms. The standard InChI is InChI=1S/C20H13ClOSe/c21-15-11-12-18-17(13-15)20(23-16-9-5-2-6-10-16)19(22-18)14-7-3-1-4-8-14/h1-13H. The van der Waals surface area contributed by atoms with E-state index in [-0.39, 0.29) is 15.0 Å². The van der Waals surface area contributed by atoms with Gasteiger partial charge in [0.1, 0.15) is 0 Å². The molecule has 1 aromatic heterocycles. The van der Waals surface area contributed by atoms with E-state index in [0.29, 0.717) is 0 Å². The molecule has 112 valence electrons. The van der Waals surface area contributed by atoms with E-state index in [1.165, 1.54) is 8.92 Å². The van der Waals surface area contributed by atoms with Gasteiger partial charge in [0.25, 0.3) is 0 Å². The number of halogens is 1. The Hall–Kier alpha value is -1.99. The van der Waals surface area contributed by atoms with Gasteiger partial charge in [-0.05, 0) is 0 Å². The second-order valence-electron chi connectivity index (χ2n) is 5.18.